The quantitative estimate of drug-likeness (QED) is 0.749. The number of rotatable bonds is 5. The number of nitrogens with zero attached hydrogens (tertiary/aromatic N) is 1. The van der Waals surface area contributed by atoms with Gasteiger partial charge in [0.25, 0.3) is 0 Å². The molecule has 0 aliphatic carbocycles. The highest BCUT2D eigenvalue weighted by atomic mass is 16.1. The first kappa shape index (κ1) is 14.5. The Morgan fingerprint density at radius 2 is 1.82 bits per heavy atom. The predicted octanol–water partition coefficient (Wildman–Crippen LogP) is 2.41. The Hall–Kier alpha value is -0.570. The summed E-state index contributed by atoms with van der Waals surface area (Å²) in [7, 11) is 0. The first-order chi connectivity index (χ1) is 7.97. The lowest BCUT2D eigenvalue weighted by Gasteiger charge is -2.26. The van der Waals surface area contributed by atoms with Crippen LogP contribution in [0.2, 0.25) is 0 Å². The molecule has 0 atom stereocenters. The van der Waals surface area contributed by atoms with E-state index in [0.29, 0.717) is 6.42 Å². The number of carbonyl (C=O) groups is 1. The summed E-state index contributed by atoms with van der Waals surface area (Å²) in [4.78, 5) is 14.1. The highest BCUT2D eigenvalue weighted by Crippen LogP contribution is 2.17. The first-order valence-corrected chi connectivity index (χ1v) is 6.96. The van der Waals surface area contributed by atoms with Crippen molar-refractivity contribution in [3.05, 3.63) is 0 Å². The number of nitrogens with one attached hydrogen (secondary N) is 1. The lowest BCUT2D eigenvalue weighted by atomic mass is 9.92. The van der Waals surface area contributed by atoms with E-state index in [1.165, 1.54) is 32.4 Å². The van der Waals surface area contributed by atoms with Gasteiger partial charge in [0, 0.05) is 13.0 Å². The molecule has 1 saturated heterocycles. The van der Waals surface area contributed by atoms with Crippen LogP contribution < -0.4 is 5.32 Å². The molecule has 0 aromatic carbocycles. The topological polar surface area (TPSA) is 32.3 Å². The Morgan fingerprint density at radius 1 is 1.18 bits per heavy atom. The SMILES string of the molecule is CC(C)(C)CC(=O)NCCCN1CCCCC1. The second-order valence-electron chi connectivity index (χ2n) is 6.34. The van der Waals surface area contributed by atoms with Gasteiger partial charge in [-0.2, -0.15) is 0 Å². The zero-order valence-corrected chi connectivity index (χ0v) is 11.7. The molecule has 3 heteroatoms. The maximum atomic E-state index is 11.6. The van der Waals surface area contributed by atoms with E-state index < -0.39 is 0 Å². The van der Waals surface area contributed by atoms with Crippen molar-refractivity contribution < 1.29 is 4.79 Å². The molecule has 0 bridgehead atoms. The second kappa shape index (κ2) is 7.00. The molecule has 1 fully saturated rings. The number of carbonyl (C=O) groups excluding carboxylic acids is 1. The molecule has 0 spiro atoms. The Morgan fingerprint density at radius 3 is 2.41 bits per heavy atom. The normalized spacial score (nSPS) is 18.1. The maximum absolute atomic E-state index is 11.6. The minimum atomic E-state index is 0.0942. The van der Waals surface area contributed by atoms with Crippen LogP contribution in [-0.4, -0.2) is 37.0 Å². The Labute approximate surface area is 106 Å². The van der Waals surface area contributed by atoms with Crippen LogP contribution in [0.3, 0.4) is 0 Å². The second-order valence-corrected chi connectivity index (χ2v) is 6.34. The Kier molecular flexibility index (Phi) is 5.96. The van der Waals surface area contributed by atoms with Crippen LogP contribution in [0.4, 0.5) is 0 Å². The van der Waals surface area contributed by atoms with E-state index in [1.54, 1.807) is 0 Å². The largest absolute Gasteiger partial charge is 0.356 e. The summed E-state index contributed by atoms with van der Waals surface area (Å²) in [6, 6.07) is 0. The summed E-state index contributed by atoms with van der Waals surface area (Å²) in [5.74, 6) is 0.191. The fourth-order valence-electron chi connectivity index (χ4n) is 2.26. The van der Waals surface area contributed by atoms with Gasteiger partial charge in [0.1, 0.15) is 0 Å². The predicted molar refractivity (Wildman–Crippen MR) is 72.0 cm³/mol. The molecule has 17 heavy (non-hydrogen) atoms. The van der Waals surface area contributed by atoms with E-state index in [0.717, 1.165) is 19.5 Å². The van der Waals surface area contributed by atoms with Crippen LogP contribution in [0.1, 0.15) is 52.9 Å². The summed E-state index contributed by atoms with van der Waals surface area (Å²) in [6.45, 7) is 10.7. The van der Waals surface area contributed by atoms with Gasteiger partial charge in [-0.15, -0.1) is 0 Å². The lowest BCUT2D eigenvalue weighted by molar-refractivity contribution is -0.122. The minimum absolute atomic E-state index is 0.0942. The third kappa shape index (κ3) is 7.37. The van der Waals surface area contributed by atoms with Crippen molar-refractivity contribution in [1.29, 1.82) is 0 Å². The van der Waals surface area contributed by atoms with Crippen LogP contribution in [0.25, 0.3) is 0 Å². The fourth-order valence-corrected chi connectivity index (χ4v) is 2.26. The molecule has 0 saturated carbocycles. The first-order valence-electron chi connectivity index (χ1n) is 6.96. The Bertz CT molecular complexity index is 227. The third-order valence-corrected chi connectivity index (χ3v) is 3.11. The van der Waals surface area contributed by atoms with Gasteiger partial charge in [0.05, 0.1) is 0 Å². The van der Waals surface area contributed by atoms with Gasteiger partial charge < -0.3 is 10.2 Å². The van der Waals surface area contributed by atoms with Gasteiger partial charge in [-0.3, -0.25) is 4.79 Å². The van der Waals surface area contributed by atoms with Gasteiger partial charge in [-0.1, -0.05) is 27.2 Å². The number of piperidine rings is 1. The molecule has 0 radical (unpaired) electrons. The van der Waals surface area contributed by atoms with Gasteiger partial charge in [0.2, 0.25) is 5.91 Å². The molecule has 100 valence electrons. The molecular weight excluding hydrogens is 212 g/mol. The monoisotopic (exact) mass is 240 g/mol. The number of likely N-dealkylation sites (tertiary alicyclic amines) is 1. The summed E-state index contributed by atoms with van der Waals surface area (Å²) in [5.41, 5.74) is 0.0942. The number of amides is 1. The third-order valence-electron chi connectivity index (χ3n) is 3.11. The van der Waals surface area contributed by atoms with E-state index >= 15 is 0 Å². The summed E-state index contributed by atoms with van der Waals surface area (Å²) < 4.78 is 0. The molecular formula is C14H28N2O. The van der Waals surface area contributed by atoms with Crippen LogP contribution >= 0.6 is 0 Å². The molecule has 3 nitrogen and oxygen atoms in total. The average molecular weight is 240 g/mol. The van der Waals surface area contributed by atoms with Gasteiger partial charge in [0.15, 0.2) is 0 Å². The van der Waals surface area contributed by atoms with Crippen molar-refractivity contribution >= 4 is 5.91 Å². The highest BCUT2D eigenvalue weighted by Gasteiger charge is 2.15. The molecule has 0 aromatic heterocycles. The average Bonchev–Trinajstić information content (AvgIpc) is 2.23. The van der Waals surface area contributed by atoms with E-state index in [-0.39, 0.29) is 11.3 Å². The smallest absolute Gasteiger partial charge is 0.220 e. The zero-order chi connectivity index (χ0) is 12.7. The number of hydrogen-bond acceptors (Lipinski definition) is 2. The summed E-state index contributed by atoms with van der Waals surface area (Å²) in [5, 5.41) is 3.01. The van der Waals surface area contributed by atoms with Crippen molar-refractivity contribution in [1.82, 2.24) is 10.2 Å². The molecule has 1 aliphatic rings. The van der Waals surface area contributed by atoms with Crippen molar-refractivity contribution in [2.45, 2.75) is 52.9 Å². The lowest BCUT2D eigenvalue weighted by Crippen LogP contribution is -2.34. The molecule has 1 heterocycles. The zero-order valence-electron chi connectivity index (χ0n) is 11.7. The van der Waals surface area contributed by atoms with Crippen molar-refractivity contribution in [2.75, 3.05) is 26.2 Å². The van der Waals surface area contributed by atoms with Gasteiger partial charge in [-0.25, -0.2) is 0 Å². The molecule has 0 unspecified atom stereocenters. The van der Waals surface area contributed by atoms with Crippen LogP contribution in [-0.2, 0) is 4.79 Å². The standard InChI is InChI=1S/C14H28N2O/c1-14(2,3)12-13(17)15-8-7-11-16-9-5-4-6-10-16/h4-12H2,1-3H3,(H,15,17). The van der Waals surface area contributed by atoms with E-state index in [4.69, 9.17) is 0 Å². The molecule has 1 N–H and O–H groups in total. The van der Waals surface area contributed by atoms with Crippen LogP contribution in [0, 0.1) is 5.41 Å². The van der Waals surface area contributed by atoms with E-state index in [9.17, 15) is 4.79 Å². The summed E-state index contributed by atoms with van der Waals surface area (Å²) in [6.07, 6.45) is 5.78. The molecule has 1 amide bonds. The fraction of sp³-hybridized carbons (Fsp3) is 0.929. The van der Waals surface area contributed by atoms with Crippen molar-refractivity contribution in [3.63, 3.8) is 0 Å². The van der Waals surface area contributed by atoms with Crippen LogP contribution in [0.15, 0.2) is 0 Å². The van der Waals surface area contributed by atoms with Gasteiger partial charge in [-0.05, 0) is 44.3 Å². The highest BCUT2D eigenvalue weighted by molar-refractivity contribution is 5.76. The summed E-state index contributed by atoms with van der Waals surface area (Å²) >= 11 is 0. The van der Waals surface area contributed by atoms with Crippen molar-refractivity contribution in [3.8, 4) is 0 Å². The van der Waals surface area contributed by atoms with E-state index in [2.05, 4.69) is 31.0 Å². The van der Waals surface area contributed by atoms with E-state index in [1.807, 2.05) is 0 Å². The minimum Gasteiger partial charge on any atom is -0.356 e. The van der Waals surface area contributed by atoms with Crippen molar-refractivity contribution in [2.24, 2.45) is 5.41 Å². The molecule has 1 rings (SSSR count). The molecule has 1 aliphatic heterocycles. The van der Waals surface area contributed by atoms with Gasteiger partial charge >= 0.3 is 0 Å². The Balaban J connectivity index is 2.01. The number of hydrogen-bond donors (Lipinski definition) is 1. The molecule has 0 aromatic rings. The van der Waals surface area contributed by atoms with Crippen LogP contribution in [0.5, 0.6) is 0 Å². The maximum Gasteiger partial charge on any atom is 0.220 e.